The summed E-state index contributed by atoms with van der Waals surface area (Å²) in [5, 5.41) is 2.18. The lowest BCUT2D eigenvalue weighted by Crippen LogP contribution is -1.99. The Hall–Kier alpha value is -2.50. The van der Waals surface area contributed by atoms with Crippen LogP contribution in [0, 0.1) is 0 Å². The molecule has 0 spiro atoms. The molecule has 140 valence electrons. The van der Waals surface area contributed by atoms with Crippen LogP contribution in [-0.4, -0.2) is 18.3 Å². The summed E-state index contributed by atoms with van der Waals surface area (Å²) >= 11 is 3.61. The first kappa shape index (κ1) is 17.6. The van der Waals surface area contributed by atoms with E-state index in [1.165, 1.54) is 33.5 Å². The summed E-state index contributed by atoms with van der Waals surface area (Å²) < 4.78 is 6.48. The van der Waals surface area contributed by atoms with Crippen molar-refractivity contribution < 1.29 is 4.74 Å². The van der Waals surface area contributed by atoms with Crippen LogP contribution in [0.25, 0.3) is 20.8 Å². The molecule has 2 heterocycles. The van der Waals surface area contributed by atoms with Crippen LogP contribution in [-0.2, 0) is 12.8 Å². The molecule has 2 aromatic heterocycles. The van der Waals surface area contributed by atoms with Crippen molar-refractivity contribution in [3.63, 3.8) is 0 Å². The maximum Gasteiger partial charge on any atom is 0.127 e. The molecule has 3 nitrogen and oxygen atoms in total. The van der Waals surface area contributed by atoms with Crippen molar-refractivity contribution in [2.45, 2.75) is 25.7 Å². The minimum atomic E-state index is 0.860. The van der Waals surface area contributed by atoms with Crippen molar-refractivity contribution in [1.29, 1.82) is 0 Å². The number of benzene rings is 2. The molecule has 0 amide bonds. The first-order valence-corrected chi connectivity index (χ1v) is 11.1. The van der Waals surface area contributed by atoms with Crippen molar-refractivity contribution in [3.8, 4) is 16.3 Å². The molecule has 0 N–H and O–H groups in total. The zero-order valence-corrected chi connectivity index (χ0v) is 17.3. The summed E-state index contributed by atoms with van der Waals surface area (Å²) in [6.07, 6.45) is 6.77. The lowest BCUT2D eigenvalue weighted by atomic mass is 9.96. The molecular weight excluding hydrogens is 384 g/mol. The minimum absolute atomic E-state index is 0.860. The molecule has 0 atom stereocenters. The normalized spacial score (nSPS) is 13.9. The van der Waals surface area contributed by atoms with Gasteiger partial charge in [0.15, 0.2) is 0 Å². The fraction of sp³-hybridized carbons (Fsp3) is 0.217. The molecule has 4 aromatic rings. The van der Waals surface area contributed by atoms with Crippen LogP contribution in [0.1, 0.15) is 28.8 Å². The van der Waals surface area contributed by atoms with Gasteiger partial charge in [-0.3, -0.25) is 0 Å². The zero-order chi connectivity index (χ0) is 18.9. The van der Waals surface area contributed by atoms with Crippen molar-refractivity contribution in [3.05, 3.63) is 64.5 Å². The zero-order valence-electron chi connectivity index (χ0n) is 15.6. The van der Waals surface area contributed by atoms with Gasteiger partial charge < -0.3 is 4.74 Å². The number of methoxy groups -OCH3 is 1. The summed E-state index contributed by atoms with van der Waals surface area (Å²) in [5.41, 5.74) is 4.87. The van der Waals surface area contributed by atoms with Gasteiger partial charge in [-0.15, -0.1) is 22.7 Å². The third-order valence-corrected chi connectivity index (χ3v) is 7.36. The first-order valence-electron chi connectivity index (χ1n) is 9.50. The number of hydrogen-bond acceptors (Lipinski definition) is 5. The largest absolute Gasteiger partial charge is 0.497 e. The number of aromatic nitrogens is 1. The highest BCUT2D eigenvalue weighted by Crippen LogP contribution is 2.47. The van der Waals surface area contributed by atoms with Crippen LogP contribution in [0.3, 0.4) is 0 Å². The Morgan fingerprint density at radius 2 is 1.82 bits per heavy atom. The van der Waals surface area contributed by atoms with Gasteiger partial charge in [-0.1, -0.05) is 12.1 Å². The predicted molar refractivity (Wildman–Crippen MR) is 120 cm³/mol. The highest BCUT2D eigenvalue weighted by Gasteiger charge is 2.23. The molecule has 5 heteroatoms. The van der Waals surface area contributed by atoms with Crippen molar-refractivity contribution >= 4 is 44.1 Å². The van der Waals surface area contributed by atoms with Gasteiger partial charge >= 0.3 is 0 Å². The number of fused-ring (bicyclic) bond motifs is 2. The highest BCUT2D eigenvalue weighted by molar-refractivity contribution is 7.22. The van der Waals surface area contributed by atoms with Gasteiger partial charge in [0.1, 0.15) is 15.8 Å². The van der Waals surface area contributed by atoms with Gasteiger partial charge in [0.05, 0.1) is 22.9 Å². The topological polar surface area (TPSA) is 34.5 Å². The van der Waals surface area contributed by atoms with Crippen LogP contribution in [0.2, 0.25) is 0 Å². The Bertz CT molecular complexity index is 1120. The Labute approximate surface area is 172 Å². The summed E-state index contributed by atoms with van der Waals surface area (Å²) in [7, 11) is 1.68. The number of para-hydroxylation sites is 1. The molecule has 0 saturated heterocycles. The summed E-state index contributed by atoms with van der Waals surface area (Å²) in [6.45, 7) is 0. The van der Waals surface area contributed by atoms with E-state index in [1.807, 2.05) is 41.8 Å². The van der Waals surface area contributed by atoms with E-state index in [2.05, 4.69) is 24.3 Å². The first-order chi connectivity index (χ1) is 13.8. The van der Waals surface area contributed by atoms with E-state index in [4.69, 9.17) is 14.7 Å². The van der Waals surface area contributed by atoms with Gasteiger partial charge in [0.25, 0.3) is 0 Å². The molecule has 2 aromatic carbocycles. The minimum Gasteiger partial charge on any atom is -0.497 e. The van der Waals surface area contributed by atoms with E-state index < -0.39 is 0 Å². The number of aliphatic imine (C=N–C) groups is 1. The van der Waals surface area contributed by atoms with Crippen LogP contribution >= 0.6 is 22.7 Å². The van der Waals surface area contributed by atoms with E-state index in [0.717, 1.165) is 39.7 Å². The molecule has 0 unspecified atom stereocenters. The Morgan fingerprint density at radius 3 is 2.64 bits per heavy atom. The second-order valence-corrected chi connectivity index (χ2v) is 9.02. The Kier molecular flexibility index (Phi) is 4.71. The second kappa shape index (κ2) is 7.49. The Balaban J connectivity index is 1.59. The fourth-order valence-electron chi connectivity index (χ4n) is 3.67. The number of nitrogens with zero attached hydrogens (tertiary/aromatic N) is 2. The van der Waals surface area contributed by atoms with Crippen molar-refractivity contribution in [2.75, 3.05) is 7.11 Å². The molecule has 0 aliphatic heterocycles. The lowest BCUT2D eigenvalue weighted by molar-refractivity contribution is 0.415. The van der Waals surface area contributed by atoms with E-state index in [1.54, 1.807) is 18.4 Å². The maximum atomic E-state index is 5.24. The van der Waals surface area contributed by atoms with Gasteiger partial charge in [-0.05, 0) is 73.2 Å². The molecule has 0 saturated carbocycles. The van der Waals surface area contributed by atoms with Crippen LogP contribution in [0.15, 0.2) is 53.5 Å². The fourth-order valence-corrected chi connectivity index (χ4v) is 6.00. The van der Waals surface area contributed by atoms with E-state index in [-0.39, 0.29) is 0 Å². The molecule has 1 aliphatic carbocycles. The smallest absolute Gasteiger partial charge is 0.127 e. The monoisotopic (exact) mass is 404 g/mol. The van der Waals surface area contributed by atoms with E-state index in [9.17, 15) is 0 Å². The van der Waals surface area contributed by atoms with Crippen molar-refractivity contribution in [2.24, 2.45) is 4.99 Å². The average Bonchev–Trinajstić information content (AvgIpc) is 3.33. The molecule has 0 radical (unpaired) electrons. The number of thiophene rings is 1. The van der Waals surface area contributed by atoms with Gasteiger partial charge in [-0.25, -0.2) is 9.98 Å². The van der Waals surface area contributed by atoms with Gasteiger partial charge in [0, 0.05) is 11.1 Å². The molecular formula is C23H20N2OS2. The van der Waals surface area contributed by atoms with Crippen LogP contribution < -0.4 is 4.74 Å². The summed E-state index contributed by atoms with van der Waals surface area (Å²) in [5.74, 6) is 0.860. The maximum absolute atomic E-state index is 5.24. The third kappa shape index (κ3) is 3.25. The standard InChI is InChI=1S/C23H20N2OS2/c1-26-16-12-10-15(11-13-16)14-24-22-21(17-6-2-4-8-19(17)27-22)23-25-18-7-3-5-9-20(18)28-23/h3,5,7,9-14H,2,4,6,8H2,1H3. The van der Waals surface area contributed by atoms with E-state index >= 15 is 0 Å². The van der Waals surface area contributed by atoms with Crippen LogP contribution in [0.4, 0.5) is 5.00 Å². The number of hydrogen-bond donors (Lipinski definition) is 0. The molecule has 1 aliphatic rings. The second-order valence-electron chi connectivity index (χ2n) is 6.91. The highest BCUT2D eigenvalue weighted by atomic mass is 32.1. The van der Waals surface area contributed by atoms with Gasteiger partial charge in [0.2, 0.25) is 0 Å². The van der Waals surface area contributed by atoms with Gasteiger partial charge in [-0.2, -0.15) is 0 Å². The average molecular weight is 405 g/mol. The third-order valence-electron chi connectivity index (χ3n) is 5.11. The quantitative estimate of drug-likeness (QED) is 0.356. The molecule has 0 fully saturated rings. The summed E-state index contributed by atoms with van der Waals surface area (Å²) in [6, 6.07) is 16.4. The number of thiazole rings is 1. The number of rotatable bonds is 4. The number of ether oxygens (including phenoxy) is 1. The molecule has 28 heavy (non-hydrogen) atoms. The SMILES string of the molecule is COc1ccc(C=Nc2sc3c(c2-c2nc4ccccc4s2)CCCC3)cc1. The van der Waals surface area contributed by atoms with Crippen LogP contribution in [0.5, 0.6) is 5.75 Å². The number of aryl methyl sites for hydroxylation is 1. The lowest BCUT2D eigenvalue weighted by Gasteiger charge is -2.11. The molecule has 5 rings (SSSR count). The van der Waals surface area contributed by atoms with E-state index in [0.29, 0.717) is 0 Å². The Morgan fingerprint density at radius 1 is 1.00 bits per heavy atom. The summed E-state index contributed by atoms with van der Waals surface area (Å²) in [4.78, 5) is 11.3. The molecule has 0 bridgehead atoms. The van der Waals surface area contributed by atoms with Crippen molar-refractivity contribution in [1.82, 2.24) is 4.98 Å². The predicted octanol–water partition coefficient (Wildman–Crippen LogP) is 6.66.